The molecule has 0 spiro atoms. The number of benzene rings is 2. The molecule has 3 aromatic rings. The maximum atomic E-state index is 12.1. The summed E-state index contributed by atoms with van der Waals surface area (Å²) in [6, 6.07) is 21.4. The van der Waals surface area contributed by atoms with E-state index < -0.39 is 0 Å². The number of carbonyl (C=O) groups is 1. The van der Waals surface area contributed by atoms with Crippen molar-refractivity contribution < 1.29 is 4.79 Å². The van der Waals surface area contributed by atoms with E-state index in [1.165, 1.54) is 0 Å². The lowest BCUT2D eigenvalue weighted by molar-refractivity contribution is -0.110. The van der Waals surface area contributed by atoms with Crippen molar-refractivity contribution in [3.05, 3.63) is 78.5 Å². The molecule has 0 amide bonds. The molecule has 0 N–H and O–H groups in total. The van der Waals surface area contributed by atoms with Crippen molar-refractivity contribution in [1.82, 2.24) is 9.97 Å². The highest BCUT2D eigenvalue weighted by molar-refractivity contribution is 8.13. The van der Waals surface area contributed by atoms with Crippen LogP contribution in [0.5, 0.6) is 0 Å². The van der Waals surface area contributed by atoms with Crippen molar-refractivity contribution >= 4 is 16.9 Å². The molecule has 0 bridgehead atoms. The lowest BCUT2D eigenvalue weighted by atomic mass is 10.1. The molecule has 0 saturated carbocycles. The van der Waals surface area contributed by atoms with E-state index in [0.29, 0.717) is 11.6 Å². The number of carbonyl (C=O) groups excluding carboxylic acids is 1. The standard InChI is InChI=1S/C18H14N2OS/c21-17(13-14-7-3-1-4-8-14)22-18-19-12-11-16(20-18)15-9-5-2-6-10-15/h1-12H,13H2. The van der Waals surface area contributed by atoms with Crippen LogP contribution in [-0.2, 0) is 11.2 Å². The molecule has 1 heterocycles. The lowest BCUT2D eigenvalue weighted by Crippen LogP contribution is -1.99. The van der Waals surface area contributed by atoms with E-state index in [1.807, 2.05) is 66.7 Å². The van der Waals surface area contributed by atoms with E-state index in [0.717, 1.165) is 28.6 Å². The molecule has 3 nitrogen and oxygen atoms in total. The molecule has 4 heteroatoms. The van der Waals surface area contributed by atoms with Crippen LogP contribution in [-0.4, -0.2) is 15.1 Å². The van der Waals surface area contributed by atoms with Crippen LogP contribution in [0.3, 0.4) is 0 Å². The smallest absolute Gasteiger partial charge is 0.201 e. The van der Waals surface area contributed by atoms with Gasteiger partial charge in [-0.3, -0.25) is 4.79 Å². The second-order valence-electron chi connectivity index (χ2n) is 4.73. The fraction of sp³-hybridized carbons (Fsp3) is 0.0556. The van der Waals surface area contributed by atoms with Crippen LogP contribution in [0.2, 0.25) is 0 Å². The van der Waals surface area contributed by atoms with E-state index in [2.05, 4.69) is 9.97 Å². The SMILES string of the molecule is O=C(Cc1ccccc1)Sc1nccc(-c2ccccc2)n1. The minimum atomic E-state index is 0.0383. The molecular weight excluding hydrogens is 292 g/mol. The molecule has 22 heavy (non-hydrogen) atoms. The molecule has 2 aromatic carbocycles. The zero-order valence-electron chi connectivity index (χ0n) is 11.8. The van der Waals surface area contributed by atoms with Crippen LogP contribution in [0.25, 0.3) is 11.3 Å². The van der Waals surface area contributed by atoms with Gasteiger partial charge in [-0.25, -0.2) is 9.97 Å². The Morgan fingerprint density at radius 2 is 1.59 bits per heavy atom. The van der Waals surface area contributed by atoms with Gasteiger partial charge in [-0.2, -0.15) is 0 Å². The second-order valence-corrected chi connectivity index (χ2v) is 5.75. The predicted octanol–water partition coefficient (Wildman–Crippen LogP) is 4.01. The summed E-state index contributed by atoms with van der Waals surface area (Å²) in [6.45, 7) is 0. The first-order chi connectivity index (χ1) is 10.8. The Hall–Kier alpha value is -2.46. The highest BCUT2D eigenvalue weighted by atomic mass is 32.2. The molecule has 0 atom stereocenters. The van der Waals surface area contributed by atoms with Crippen molar-refractivity contribution in [2.45, 2.75) is 11.6 Å². The first-order valence-electron chi connectivity index (χ1n) is 6.94. The normalized spacial score (nSPS) is 10.4. The topological polar surface area (TPSA) is 42.9 Å². The Bertz CT molecular complexity index is 760. The van der Waals surface area contributed by atoms with Crippen LogP contribution < -0.4 is 0 Å². The first-order valence-corrected chi connectivity index (χ1v) is 7.76. The molecule has 0 aliphatic rings. The fourth-order valence-corrected chi connectivity index (χ4v) is 2.76. The van der Waals surface area contributed by atoms with E-state index in [1.54, 1.807) is 6.20 Å². The Balaban J connectivity index is 1.72. The number of rotatable bonds is 4. The molecule has 0 aliphatic heterocycles. The molecule has 108 valence electrons. The van der Waals surface area contributed by atoms with E-state index >= 15 is 0 Å². The van der Waals surface area contributed by atoms with Crippen LogP contribution >= 0.6 is 11.8 Å². The third-order valence-corrected chi connectivity index (χ3v) is 3.85. The number of nitrogens with zero attached hydrogens (tertiary/aromatic N) is 2. The molecule has 1 aromatic heterocycles. The van der Waals surface area contributed by atoms with Crippen molar-refractivity contribution in [1.29, 1.82) is 0 Å². The third-order valence-electron chi connectivity index (χ3n) is 3.10. The average Bonchev–Trinajstić information content (AvgIpc) is 2.57. The minimum Gasteiger partial charge on any atom is -0.286 e. The van der Waals surface area contributed by atoms with Gasteiger partial charge in [0.2, 0.25) is 5.12 Å². The zero-order chi connectivity index (χ0) is 15.2. The molecule has 0 fully saturated rings. The van der Waals surface area contributed by atoms with Gasteiger partial charge >= 0.3 is 0 Å². The van der Waals surface area contributed by atoms with Crippen molar-refractivity contribution in [2.75, 3.05) is 0 Å². The minimum absolute atomic E-state index is 0.0383. The fourth-order valence-electron chi connectivity index (χ4n) is 2.06. The van der Waals surface area contributed by atoms with Gasteiger partial charge in [0.15, 0.2) is 5.16 Å². The molecule has 3 rings (SSSR count). The lowest BCUT2D eigenvalue weighted by Gasteiger charge is -2.03. The van der Waals surface area contributed by atoms with Crippen molar-refractivity contribution in [3.8, 4) is 11.3 Å². The Labute approximate surface area is 133 Å². The van der Waals surface area contributed by atoms with Gasteiger partial charge in [-0.1, -0.05) is 60.7 Å². The van der Waals surface area contributed by atoms with Gasteiger partial charge in [-0.05, 0) is 23.4 Å². The largest absolute Gasteiger partial charge is 0.286 e. The van der Waals surface area contributed by atoms with Crippen LogP contribution in [0.15, 0.2) is 78.1 Å². The van der Waals surface area contributed by atoms with Gasteiger partial charge in [0.25, 0.3) is 0 Å². The van der Waals surface area contributed by atoms with Gasteiger partial charge < -0.3 is 0 Å². The van der Waals surface area contributed by atoms with E-state index in [9.17, 15) is 4.79 Å². The maximum absolute atomic E-state index is 12.1. The van der Waals surface area contributed by atoms with E-state index in [4.69, 9.17) is 0 Å². The highest BCUT2D eigenvalue weighted by Gasteiger charge is 2.09. The highest BCUT2D eigenvalue weighted by Crippen LogP contribution is 2.21. The van der Waals surface area contributed by atoms with Gasteiger partial charge in [0.05, 0.1) is 5.69 Å². The number of hydrogen-bond acceptors (Lipinski definition) is 4. The summed E-state index contributed by atoms with van der Waals surface area (Å²) in [4.78, 5) is 20.7. The monoisotopic (exact) mass is 306 g/mol. The van der Waals surface area contributed by atoms with E-state index in [-0.39, 0.29) is 5.12 Å². The predicted molar refractivity (Wildman–Crippen MR) is 88.5 cm³/mol. The maximum Gasteiger partial charge on any atom is 0.201 e. The summed E-state index contributed by atoms with van der Waals surface area (Å²) in [5.41, 5.74) is 2.84. The first kappa shape index (κ1) is 14.5. The second kappa shape index (κ2) is 7.00. The van der Waals surface area contributed by atoms with Crippen LogP contribution in [0.4, 0.5) is 0 Å². The Morgan fingerprint density at radius 1 is 0.909 bits per heavy atom. The number of hydrogen-bond donors (Lipinski definition) is 0. The molecule has 0 radical (unpaired) electrons. The average molecular weight is 306 g/mol. The van der Waals surface area contributed by atoms with Gasteiger partial charge in [0, 0.05) is 18.2 Å². The summed E-state index contributed by atoms with van der Waals surface area (Å²) in [6.07, 6.45) is 2.07. The van der Waals surface area contributed by atoms with Crippen LogP contribution in [0.1, 0.15) is 5.56 Å². The van der Waals surface area contributed by atoms with Gasteiger partial charge in [0.1, 0.15) is 0 Å². The van der Waals surface area contributed by atoms with Crippen molar-refractivity contribution in [2.24, 2.45) is 0 Å². The third kappa shape index (κ3) is 3.80. The summed E-state index contributed by atoms with van der Waals surface area (Å²) >= 11 is 1.09. The van der Waals surface area contributed by atoms with Gasteiger partial charge in [-0.15, -0.1) is 0 Å². The molecular formula is C18H14N2OS. The van der Waals surface area contributed by atoms with Crippen molar-refractivity contribution in [3.63, 3.8) is 0 Å². The molecule has 0 saturated heterocycles. The summed E-state index contributed by atoms with van der Waals surface area (Å²) in [5, 5.41) is 0.527. The number of thioether (sulfide) groups is 1. The van der Waals surface area contributed by atoms with Crippen LogP contribution in [0, 0.1) is 0 Å². The summed E-state index contributed by atoms with van der Waals surface area (Å²) < 4.78 is 0. The molecule has 0 unspecified atom stereocenters. The Kier molecular flexibility index (Phi) is 4.61. The molecule has 0 aliphatic carbocycles. The Morgan fingerprint density at radius 3 is 2.32 bits per heavy atom. The summed E-state index contributed by atoms with van der Waals surface area (Å²) in [7, 11) is 0. The quantitative estimate of drug-likeness (QED) is 0.539. The summed E-state index contributed by atoms with van der Waals surface area (Å²) in [5.74, 6) is 0. The number of aromatic nitrogens is 2. The zero-order valence-corrected chi connectivity index (χ0v) is 12.7.